The molecule has 0 N–H and O–H groups in total. The maximum Gasteiger partial charge on any atom is 0.338 e. The first-order chi connectivity index (χ1) is 14.0. The minimum absolute atomic E-state index is 0.203. The minimum Gasteiger partial charge on any atom is -0.463 e. The number of hydrogen-bond donors (Lipinski definition) is 0. The number of esters is 1. The van der Waals surface area contributed by atoms with Gasteiger partial charge in [0.25, 0.3) is 5.56 Å². The number of benzene rings is 1. The molecule has 1 aliphatic heterocycles. The van der Waals surface area contributed by atoms with E-state index < -0.39 is 17.8 Å². The van der Waals surface area contributed by atoms with Crippen LogP contribution < -0.4 is 14.9 Å². The Morgan fingerprint density at radius 3 is 2.72 bits per heavy atom. The maximum absolute atomic E-state index is 13.5. The van der Waals surface area contributed by atoms with Crippen molar-refractivity contribution in [2.45, 2.75) is 19.9 Å². The van der Waals surface area contributed by atoms with E-state index in [4.69, 9.17) is 4.74 Å². The molecule has 0 bridgehead atoms. The first-order valence-corrected chi connectivity index (χ1v) is 10.7. The van der Waals surface area contributed by atoms with E-state index in [0.29, 0.717) is 20.6 Å². The van der Waals surface area contributed by atoms with Crippen molar-refractivity contribution in [3.8, 4) is 0 Å². The molecule has 1 aromatic carbocycles. The molecule has 3 aromatic rings. The van der Waals surface area contributed by atoms with Crippen molar-refractivity contribution in [2.24, 2.45) is 4.99 Å². The van der Waals surface area contributed by atoms with E-state index in [0.717, 1.165) is 4.88 Å². The number of halogens is 1. The van der Waals surface area contributed by atoms with Crippen molar-refractivity contribution < 1.29 is 13.9 Å². The van der Waals surface area contributed by atoms with Crippen LogP contribution in [0.1, 0.15) is 30.3 Å². The molecular weight excluding hydrogens is 411 g/mol. The molecule has 1 aliphatic rings. The summed E-state index contributed by atoms with van der Waals surface area (Å²) in [6, 6.07) is 8.90. The molecule has 29 heavy (non-hydrogen) atoms. The van der Waals surface area contributed by atoms with Gasteiger partial charge in [0.05, 0.1) is 28.5 Å². The molecule has 0 saturated heterocycles. The highest BCUT2D eigenvalue weighted by atomic mass is 32.1. The number of rotatable bonds is 4. The van der Waals surface area contributed by atoms with Gasteiger partial charge in [0.15, 0.2) is 4.80 Å². The van der Waals surface area contributed by atoms with Crippen molar-refractivity contribution in [3.05, 3.63) is 89.0 Å². The SMILES string of the molecule is CCOC(=O)C1=C(C)N=c2s/c(=C/c3cccs3)c(=O)n2C1c1ccc(F)cc1. The fraction of sp³-hybridized carbons (Fsp3) is 0.190. The maximum atomic E-state index is 13.5. The van der Waals surface area contributed by atoms with Crippen LogP contribution in [0.2, 0.25) is 0 Å². The Labute approximate surface area is 173 Å². The summed E-state index contributed by atoms with van der Waals surface area (Å²) >= 11 is 2.80. The van der Waals surface area contributed by atoms with E-state index in [1.807, 2.05) is 23.6 Å². The highest BCUT2D eigenvalue weighted by Gasteiger charge is 2.33. The average Bonchev–Trinajstić information content (AvgIpc) is 3.30. The number of carbonyl (C=O) groups is 1. The summed E-state index contributed by atoms with van der Waals surface area (Å²) in [7, 11) is 0. The lowest BCUT2D eigenvalue weighted by molar-refractivity contribution is -0.139. The summed E-state index contributed by atoms with van der Waals surface area (Å²) in [6.45, 7) is 3.64. The topological polar surface area (TPSA) is 60.7 Å². The predicted molar refractivity (Wildman–Crippen MR) is 111 cm³/mol. The zero-order chi connectivity index (χ0) is 20.5. The third-order valence-electron chi connectivity index (χ3n) is 4.52. The highest BCUT2D eigenvalue weighted by Crippen LogP contribution is 2.30. The monoisotopic (exact) mass is 428 g/mol. The van der Waals surface area contributed by atoms with Crippen LogP contribution >= 0.6 is 22.7 Å². The summed E-state index contributed by atoms with van der Waals surface area (Å²) in [6.07, 6.45) is 1.82. The minimum atomic E-state index is -0.726. The predicted octanol–water partition coefficient (Wildman–Crippen LogP) is 3.00. The zero-order valence-corrected chi connectivity index (χ0v) is 17.3. The molecule has 2 aromatic heterocycles. The molecule has 4 rings (SSSR count). The van der Waals surface area contributed by atoms with Gasteiger partial charge in [0.2, 0.25) is 0 Å². The van der Waals surface area contributed by atoms with Crippen LogP contribution in [0, 0.1) is 5.82 Å². The van der Waals surface area contributed by atoms with Gasteiger partial charge >= 0.3 is 5.97 Å². The summed E-state index contributed by atoms with van der Waals surface area (Å²) in [5.41, 5.74) is 1.15. The lowest BCUT2D eigenvalue weighted by Gasteiger charge is -2.24. The Morgan fingerprint density at radius 1 is 1.31 bits per heavy atom. The molecule has 1 unspecified atom stereocenters. The van der Waals surface area contributed by atoms with E-state index in [-0.39, 0.29) is 17.7 Å². The molecule has 1 atom stereocenters. The van der Waals surface area contributed by atoms with Gasteiger partial charge in [-0.25, -0.2) is 14.2 Å². The Balaban J connectivity index is 1.97. The van der Waals surface area contributed by atoms with Gasteiger partial charge in [-0.05, 0) is 49.1 Å². The first kappa shape index (κ1) is 19.5. The second-order valence-electron chi connectivity index (χ2n) is 6.37. The van der Waals surface area contributed by atoms with E-state index >= 15 is 0 Å². The van der Waals surface area contributed by atoms with Gasteiger partial charge in [-0.2, -0.15) is 0 Å². The summed E-state index contributed by atoms with van der Waals surface area (Å²) in [4.78, 5) is 31.9. The smallest absolute Gasteiger partial charge is 0.338 e. The molecule has 5 nitrogen and oxygen atoms in total. The van der Waals surface area contributed by atoms with Crippen molar-refractivity contribution in [1.29, 1.82) is 0 Å². The van der Waals surface area contributed by atoms with Crippen LogP contribution in [0.4, 0.5) is 4.39 Å². The van der Waals surface area contributed by atoms with Crippen LogP contribution in [-0.4, -0.2) is 17.1 Å². The molecule has 3 heterocycles. The van der Waals surface area contributed by atoms with Crippen molar-refractivity contribution in [2.75, 3.05) is 6.61 Å². The molecule has 8 heteroatoms. The lowest BCUT2D eigenvalue weighted by atomic mass is 9.96. The average molecular weight is 429 g/mol. The number of fused-ring (bicyclic) bond motifs is 1. The largest absolute Gasteiger partial charge is 0.463 e. The van der Waals surface area contributed by atoms with Crippen LogP contribution in [0.15, 0.2) is 62.8 Å². The van der Waals surface area contributed by atoms with Gasteiger partial charge in [-0.3, -0.25) is 9.36 Å². The molecule has 0 spiro atoms. The number of carbonyl (C=O) groups excluding carboxylic acids is 1. The number of nitrogens with zero attached hydrogens (tertiary/aromatic N) is 2. The van der Waals surface area contributed by atoms with E-state index in [1.165, 1.54) is 39.4 Å². The van der Waals surface area contributed by atoms with Crippen LogP contribution in [-0.2, 0) is 9.53 Å². The summed E-state index contributed by atoms with van der Waals surface area (Å²) < 4.78 is 20.8. The fourth-order valence-electron chi connectivity index (χ4n) is 3.25. The Bertz CT molecular complexity index is 1270. The third kappa shape index (κ3) is 3.61. The van der Waals surface area contributed by atoms with Crippen molar-refractivity contribution in [3.63, 3.8) is 0 Å². The molecule has 148 valence electrons. The van der Waals surface area contributed by atoms with Gasteiger partial charge in [-0.1, -0.05) is 29.5 Å². The van der Waals surface area contributed by atoms with Crippen LogP contribution in [0.3, 0.4) is 0 Å². The van der Waals surface area contributed by atoms with E-state index in [1.54, 1.807) is 26.0 Å². The van der Waals surface area contributed by atoms with Gasteiger partial charge in [-0.15, -0.1) is 11.3 Å². The van der Waals surface area contributed by atoms with E-state index in [2.05, 4.69) is 4.99 Å². The Kier molecular flexibility index (Phi) is 5.29. The molecule has 0 saturated carbocycles. The van der Waals surface area contributed by atoms with Crippen LogP contribution in [0.5, 0.6) is 0 Å². The zero-order valence-electron chi connectivity index (χ0n) is 15.7. The quantitative estimate of drug-likeness (QED) is 0.601. The van der Waals surface area contributed by atoms with Crippen molar-refractivity contribution >= 4 is 34.7 Å². The summed E-state index contributed by atoms with van der Waals surface area (Å²) in [5, 5.41) is 1.94. The van der Waals surface area contributed by atoms with Gasteiger partial charge < -0.3 is 4.74 Å². The number of aromatic nitrogens is 1. The first-order valence-electron chi connectivity index (χ1n) is 8.98. The van der Waals surface area contributed by atoms with E-state index in [9.17, 15) is 14.0 Å². The lowest BCUT2D eigenvalue weighted by Crippen LogP contribution is -2.39. The molecule has 0 aliphatic carbocycles. The number of allylic oxidation sites excluding steroid dienone is 1. The number of hydrogen-bond acceptors (Lipinski definition) is 6. The number of ether oxygens (including phenoxy) is 1. The fourth-order valence-corrected chi connectivity index (χ4v) is 5.02. The van der Waals surface area contributed by atoms with Gasteiger partial charge in [0, 0.05) is 4.88 Å². The third-order valence-corrected chi connectivity index (χ3v) is 6.32. The highest BCUT2D eigenvalue weighted by molar-refractivity contribution is 7.11. The Hall–Kier alpha value is -2.84. The van der Waals surface area contributed by atoms with Gasteiger partial charge in [0.1, 0.15) is 5.82 Å². The second-order valence-corrected chi connectivity index (χ2v) is 8.36. The normalized spacial score (nSPS) is 16.5. The Morgan fingerprint density at radius 2 is 2.07 bits per heavy atom. The number of thiophene rings is 1. The van der Waals surface area contributed by atoms with Crippen LogP contribution in [0.25, 0.3) is 6.08 Å². The molecule has 0 amide bonds. The molecular formula is C21H17FN2O3S2. The standard InChI is InChI=1S/C21H17FN2O3S2/c1-3-27-20(26)17-12(2)23-21-24(18(17)13-6-8-14(22)9-7-13)19(25)16(29-21)11-15-5-4-10-28-15/h4-11,18H,3H2,1-2H3/b16-11+. The molecule has 0 radical (unpaired) electrons. The van der Waals surface area contributed by atoms with Crippen molar-refractivity contribution in [1.82, 2.24) is 4.57 Å². The second kappa shape index (κ2) is 7.88. The summed E-state index contributed by atoms with van der Waals surface area (Å²) in [5.74, 6) is -0.923. The molecule has 0 fully saturated rings. The number of thiazole rings is 1.